The van der Waals surface area contributed by atoms with Crippen molar-refractivity contribution in [2.24, 2.45) is 21.9 Å². The lowest BCUT2D eigenvalue weighted by Gasteiger charge is -2.31. The molecule has 1 rings (SSSR count). The van der Waals surface area contributed by atoms with Crippen LogP contribution in [0.3, 0.4) is 0 Å². The molecule has 0 aromatic heterocycles. The number of methoxy groups -OCH3 is 1. The minimum absolute atomic E-state index is 0.0497. The van der Waals surface area contributed by atoms with Crippen molar-refractivity contribution in [2.75, 3.05) is 13.7 Å². The third-order valence-corrected chi connectivity index (χ3v) is 4.95. The molecular weight excluding hydrogens is 440 g/mol. The summed E-state index contributed by atoms with van der Waals surface area (Å²) in [5.41, 5.74) is 10.7. The van der Waals surface area contributed by atoms with Crippen molar-refractivity contribution >= 4 is 30.2 Å². The number of aldehydes is 1. The molecule has 0 fully saturated rings. The summed E-state index contributed by atoms with van der Waals surface area (Å²) in [6.07, 6.45) is 0.860. The van der Waals surface area contributed by atoms with Crippen molar-refractivity contribution in [3.05, 3.63) is 35.9 Å². The Labute approximate surface area is 200 Å². The van der Waals surface area contributed by atoms with E-state index in [9.17, 15) is 19.2 Å². The maximum absolute atomic E-state index is 13.1. The normalized spacial score (nSPS) is 13.5. The average molecular weight is 477 g/mol. The van der Waals surface area contributed by atoms with Crippen LogP contribution in [0.25, 0.3) is 0 Å². The second-order valence-corrected chi connectivity index (χ2v) is 8.89. The van der Waals surface area contributed by atoms with E-state index in [-0.39, 0.29) is 12.4 Å². The van der Waals surface area contributed by atoms with Crippen LogP contribution in [0.2, 0.25) is 0 Å². The van der Waals surface area contributed by atoms with Crippen molar-refractivity contribution < 1.29 is 23.9 Å². The molecule has 0 heterocycles. The van der Waals surface area contributed by atoms with Gasteiger partial charge in [0.15, 0.2) is 5.96 Å². The number of alkyl carbamates (subject to hydrolysis) is 1. The molecule has 0 bridgehead atoms. The highest BCUT2D eigenvalue weighted by Crippen LogP contribution is 2.20. The summed E-state index contributed by atoms with van der Waals surface area (Å²) in [5.74, 6) is -1.13. The van der Waals surface area contributed by atoms with Crippen LogP contribution in [-0.4, -0.2) is 61.9 Å². The smallest absolute Gasteiger partial charge is 0.407 e. The molecule has 0 spiro atoms. The third-order valence-electron chi connectivity index (χ3n) is 4.95. The molecule has 11 nitrogen and oxygen atoms in total. The highest BCUT2D eigenvalue weighted by Gasteiger charge is 2.35. The molecule has 0 aliphatic heterocycles. The predicted octanol–water partition coefficient (Wildman–Crippen LogP) is 0.222. The van der Waals surface area contributed by atoms with Crippen LogP contribution in [0, 0.1) is 5.41 Å². The lowest BCUT2D eigenvalue weighted by molar-refractivity contribution is -0.132. The van der Waals surface area contributed by atoms with Crippen molar-refractivity contribution in [3.8, 4) is 0 Å². The standard InChI is InChI=1S/C23H36N6O5/c1-23(2,3)18(29-22(33)34-4)20(32)28-17(13-15-9-6-5-7-10-15)19(31)27-16(14-30)11-8-12-26-21(24)25/h5-7,9-10,14,16-18H,8,11-13H2,1-4H3,(H,27,31)(H,28,32)(H,29,33)(H4,24,25,26)/t16-,17-,18-/m0/s1. The van der Waals surface area contributed by atoms with Gasteiger partial charge < -0.3 is 36.9 Å². The maximum atomic E-state index is 13.1. The van der Waals surface area contributed by atoms with E-state index in [1.807, 2.05) is 30.3 Å². The Bertz CT molecular complexity index is 849. The lowest BCUT2D eigenvalue weighted by atomic mass is 9.86. The monoisotopic (exact) mass is 476 g/mol. The highest BCUT2D eigenvalue weighted by atomic mass is 16.5. The molecule has 3 amide bonds. The third kappa shape index (κ3) is 10.3. The van der Waals surface area contributed by atoms with Gasteiger partial charge in [0, 0.05) is 13.0 Å². The van der Waals surface area contributed by atoms with Gasteiger partial charge in [0.2, 0.25) is 11.8 Å². The Kier molecular flexibility index (Phi) is 11.5. The predicted molar refractivity (Wildman–Crippen MR) is 129 cm³/mol. The van der Waals surface area contributed by atoms with Gasteiger partial charge in [-0.2, -0.15) is 0 Å². The Morgan fingerprint density at radius 2 is 1.71 bits per heavy atom. The summed E-state index contributed by atoms with van der Waals surface area (Å²) < 4.78 is 4.63. The van der Waals surface area contributed by atoms with Crippen LogP contribution in [-0.2, 0) is 25.5 Å². The molecule has 7 N–H and O–H groups in total. The number of guanidine groups is 1. The van der Waals surface area contributed by atoms with E-state index in [4.69, 9.17) is 11.5 Å². The molecule has 188 valence electrons. The fourth-order valence-electron chi connectivity index (χ4n) is 3.14. The molecular formula is C23H36N6O5. The fourth-order valence-corrected chi connectivity index (χ4v) is 3.14. The van der Waals surface area contributed by atoms with E-state index in [0.29, 0.717) is 25.7 Å². The SMILES string of the molecule is COC(=O)N[C@@H](C(=O)N[C@@H](Cc1ccccc1)C(=O)N[C@H](C=O)CCCN=C(N)N)C(C)(C)C. The first-order valence-corrected chi connectivity index (χ1v) is 11.0. The van der Waals surface area contributed by atoms with Crippen LogP contribution in [0.1, 0.15) is 39.2 Å². The van der Waals surface area contributed by atoms with E-state index >= 15 is 0 Å². The number of hydrogen-bond donors (Lipinski definition) is 5. The van der Waals surface area contributed by atoms with Crippen molar-refractivity contribution in [3.63, 3.8) is 0 Å². The van der Waals surface area contributed by atoms with E-state index < -0.39 is 41.4 Å². The summed E-state index contributed by atoms with van der Waals surface area (Å²) in [6, 6.07) is 6.41. The van der Waals surface area contributed by atoms with Crippen LogP contribution >= 0.6 is 0 Å². The summed E-state index contributed by atoms with van der Waals surface area (Å²) in [4.78, 5) is 53.3. The van der Waals surface area contributed by atoms with Gasteiger partial charge >= 0.3 is 6.09 Å². The number of rotatable bonds is 12. The number of benzene rings is 1. The number of nitrogens with one attached hydrogen (secondary N) is 3. The average Bonchev–Trinajstić information content (AvgIpc) is 2.78. The van der Waals surface area contributed by atoms with E-state index in [1.54, 1.807) is 20.8 Å². The van der Waals surface area contributed by atoms with Gasteiger partial charge in [0.1, 0.15) is 18.4 Å². The number of ether oxygens (including phenoxy) is 1. The Morgan fingerprint density at radius 3 is 2.24 bits per heavy atom. The highest BCUT2D eigenvalue weighted by molar-refractivity contribution is 5.92. The van der Waals surface area contributed by atoms with Gasteiger partial charge in [-0.05, 0) is 23.8 Å². The summed E-state index contributed by atoms with van der Waals surface area (Å²) in [6.45, 7) is 5.65. The molecule has 0 aliphatic carbocycles. The summed E-state index contributed by atoms with van der Waals surface area (Å²) in [7, 11) is 1.20. The van der Waals surface area contributed by atoms with Crippen LogP contribution < -0.4 is 27.4 Å². The van der Waals surface area contributed by atoms with Crippen LogP contribution in [0.5, 0.6) is 0 Å². The Balaban J connectivity index is 3.01. The maximum Gasteiger partial charge on any atom is 0.407 e. The van der Waals surface area contributed by atoms with E-state index in [2.05, 4.69) is 25.7 Å². The molecule has 0 saturated carbocycles. The number of nitrogens with zero attached hydrogens (tertiary/aromatic N) is 1. The largest absolute Gasteiger partial charge is 0.453 e. The molecule has 0 aliphatic rings. The minimum atomic E-state index is -0.987. The molecule has 0 radical (unpaired) electrons. The Hall–Kier alpha value is -3.63. The number of amides is 3. The van der Waals surface area contributed by atoms with Gasteiger partial charge in [-0.3, -0.25) is 14.6 Å². The molecule has 1 aromatic carbocycles. The number of carbonyl (C=O) groups is 4. The molecule has 3 atom stereocenters. The van der Waals surface area contributed by atoms with Crippen LogP contribution in [0.4, 0.5) is 4.79 Å². The van der Waals surface area contributed by atoms with Gasteiger partial charge in [-0.25, -0.2) is 4.79 Å². The van der Waals surface area contributed by atoms with E-state index in [0.717, 1.165) is 5.56 Å². The first kappa shape index (κ1) is 28.4. The number of carbonyl (C=O) groups excluding carboxylic acids is 4. The number of aliphatic imine (C=N–C) groups is 1. The van der Waals surface area contributed by atoms with E-state index in [1.165, 1.54) is 7.11 Å². The first-order valence-electron chi connectivity index (χ1n) is 11.0. The Morgan fingerprint density at radius 1 is 1.06 bits per heavy atom. The number of hydrogen-bond acceptors (Lipinski definition) is 6. The molecule has 34 heavy (non-hydrogen) atoms. The molecule has 0 unspecified atom stereocenters. The van der Waals surface area contributed by atoms with Crippen molar-refractivity contribution in [2.45, 2.75) is 58.2 Å². The zero-order chi connectivity index (χ0) is 25.7. The van der Waals surface area contributed by atoms with Gasteiger partial charge in [0.25, 0.3) is 0 Å². The molecule has 0 saturated heterocycles. The fraction of sp³-hybridized carbons (Fsp3) is 0.522. The second-order valence-electron chi connectivity index (χ2n) is 8.89. The lowest BCUT2D eigenvalue weighted by Crippen LogP contribution is -2.59. The molecule has 1 aromatic rings. The van der Waals surface area contributed by atoms with Gasteiger partial charge in [0.05, 0.1) is 13.2 Å². The van der Waals surface area contributed by atoms with Gasteiger partial charge in [-0.1, -0.05) is 51.1 Å². The van der Waals surface area contributed by atoms with Crippen molar-refractivity contribution in [1.29, 1.82) is 0 Å². The zero-order valence-electron chi connectivity index (χ0n) is 20.2. The van der Waals surface area contributed by atoms with Gasteiger partial charge in [-0.15, -0.1) is 0 Å². The second kappa shape index (κ2) is 13.8. The quantitative estimate of drug-likeness (QED) is 0.124. The summed E-state index contributed by atoms with van der Waals surface area (Å²) >= 11 is 0. The zero-order valence-corrected chi connectivity index (χ0v) is 20.2. The topological polar surface area (TPSA) is 178 Å². The number of nitrogens with two attached hydrogens (primary N) is 2. The first-order chi connectivity index (χ1) is 16.0. The van der Waals surface area contributed by atoms with Crippen molar-refractivity contribution in [1.82, 2.24) is 16.0 Å². The minimum Gasteiger partial charge on any atom is -0.453 e. The molecule has 11 heteroatoms. The van der Waals surface area contributed by atoms with Crippen LogP contribution in [0.15, 0.2) is 35.3 Å². The summed E-state index contributed by atoms with van der Waals surface area (Å²) in [5, 5.41) is 7.90.